The normalized spacial score (nSPS) is 11.8. The monoisotopic (exact) mass is 323 g/mol. The maximum Gasteiger partial charge on any atom is 0.265 e. The second kappa shape index (κ2) is 6.83. The van der Waals surface area contributed by atoms with Crippen LogP contribution < -0.4 is 10.1 Å². The van der Waals surface area contributed by atoms with Crippen molar-refractivity contribution in [3.63, 3.8) is 0 Å². The summed E-state index contributed by atoms with van der Waals surface area (Å²) in [6.07, 6.45) is -0.635. The molecule has 0 radical (unpaired) electrons. The largest absolute Gasteiger partial charge is 0.481 e. The van der Waals surface area contributed by atoms with Crippen molar-refractivity contribution in [2.75, 3.05) is 5.32 Å². The molecule has 2 rings (SSSR count). The van der Waals surface area contributed by atoms with Crippen LogP contribution in [0.1, 0.15) is 12.5 Å². The van der Waals surface area contributed by atoms with Crippen LogP contribution in [-0.2, 0) is 4.79 Å². The number of hydrogen-bond donors (Lipinski definition) is 1. The molecule has 1 N–H and O–H groups in total. The molecule has 110 valence electrons. The average Bonchev–Trinajstić information content (AvgIpc) is 2.43. The van der Waals surface area contributed by atoms with Gasteiger partial charge >= 0.3 is 0 Å². The molecule has 0 aromatic heterocycles. The van der Waals surface area contributed by atoms with Gasteiger partial charge in [-0.2, -0.15) is 0 Å². The molecule has 2 aromatic rings. The highest BCUT2D eigenvalue weighted by Crippen LogP contribution is 2.22. The first kappa shape index (κ1) is 15.7. The van der Waals surface area contributed by atoms with Crippen molar-refractivity contribution in [1.29, 1.82) is 0 Å². The zero-order chi connectivity index (χ0) is 15.4. The van der Waals surface area contributed by atoms with Gasteiger partial charge in [-0.05, 0) is 55.8 Å². The molecule has 0 aliphatic rings. The van der Waals surface area contributed by atoms with E-state index in [1.54, 1.807) is 49.4 Å². The van der Waals surface area contributed by atoms with Gasteiger partial charge < -0.3 is 10.1 Å². The van der Waals surface area contributed by atoms with Crippen LogP contribution in [0.2, 0.25) is 10.0 Å². The Kier molecular flexibility index (Phi) is 5.10. The quantitative estimate of drug-likeness (QED) is 0.885. The summed E-state index contributed by atoms with van der Waals surface area (Å²) >= 11 is 11.8. The standard InChI is InChI=1S/C16H15Cl2NO2/c1-10-8-14(6-7-15(10)18)21-11(2)16(20)19-13-5-3-4-12(17)9-13/h3-9,11H,1-2H3,(H,19,20)/t11-/m1/s1. The molecule has 0 saturated heterocycles. The number of aryl methyl sites for hydroxylation is 1. The first-order valence-electron chi connectivity index (χ1n) is 6.45. The van der Waals surface area contributed by atoms with Gasteiger partial charge in [0.1, 0.15) is 5.75 Å². The Labute approximate surface area is 133 Å². The van der Waals surface area contributed by atoms with E-state index in [1.165, 1.54) is 0 Å². The molecule has 5 heteroatoms. The minimum Gasteiger partial charge on any atom is -0.481 e. The molecular formula is C16H15Cl2NO2. The van der Waals surface area contributed by atoms with Crippen molar-refractivity contribution < 1.29 is 9.53 Å². The van der Waals surface area contributed by atoms with Gasteiger partial charge in [0.15, 0.2) is 6.10 Å². The Bertz CT molecular complexity index is 658. The Morgan fingerprint density at radius 1 is 1.19 bits per heavy atom. The number of ether oxygens (including phenoxy) is 1. The van der Waals surface area contributed by atoms with Crippen LogP contribution in [0.25, 0.3) is 0 Å². The van der Waals surface area contributed by atoms with Crippen molar-refractivity contribution in [3.05, 3.63) is 58.1 Å². The maximum absolute atomic E-state index is 12.1. The topological polar surface area (TPSA) is 38.3 Å². The number of amides is 1. The van der Waals surface area contributed by atoms with Crippen molar-refractivity contribution in [2.45, 2.75) is 20.0 Å². The smallest absolute Gasteiger partial charge is 0.265 e. The molecule has 2 aromatic carbocycles. The van der Waals surface area contributed by atoms with E-state index in [9.17, 15) is 4.79 Å². The lowest BCUT2D eigenvalue weighted by Crippen LogP contribution is -2.30. The summed E-state index contributed by atoms with van der Waals surface area (Å²) in [7, 11) is 0. The first-order chi connectivity index (χ1) is 9.95. The van der Waals surface area contributed by atoms with E-state index in [4.69, 9.17) is 27.9 Å². The summed E-state index contributed by atoms with van der Waals surface area (Å²) in [6, 6.07) is 12.2. The SMILES string of the molecule is Cc1cc(O[C@H](C)C(=O)Nc2cccc(Cl)c2)ccc1Cl. The highest BCUT2D eigenvalue weighted by atomic mass is 35.5. The third-order valence-corrected chi connectivity index (χ3v) is 3.56. The van der Waals surface area contributed by atoms with Gasteiger partial charge in [0.2, 0.25) is 0 Å². The zero-order valence-electron chi connectivity index (χ0n) is 11.7. The number of benzene rings is 2. The Morgan fingerprint density at radius 2 is 1.95 bits per heavy atom. The fourth-order valence-corrected chi connectivity index (χ4v) is 2.07. The van der Waals surface area contributed by atoms with Gasteiger partial charge in [-0.3, -0.25) is 4.79 Å². The molecule has 0 heterocycles. The lowest BCUT2D eigenvalue weighted by molar-refractivity contribution is -0.122. The van der Waals surface area contributed by atoms with Crippen molar-refractivity contribution in [2.24, 2.45) is 0 Å². The van der Waals surface area contributed by atoms with Gasteiger partial charge in [-0.25, -0.2) is 0 Å². The number of halogens is 2. The van der Waals surface area contributed by atoms with Crippen LogP contribution in [0.4, 0.5) is 5.69 Å². The summed E-state index contributed by atoms with van der Waals surface area (Å²) in [5, 5.41) is 3.98. The predicted molar refractivity (Wildman–Crippen MR) is 86.4 cm³/mol. The zero-order valence-corrected chi connectivity index (χ0v) is 13.2. The molecule has 3 nitrogen and oxygen atoms in total. The number of hydrogen-bond acceptors (Lipinski definition) is 2. The fourth-order valence-electron chi connectivity index (χ4n) is 1.76. The van der Waals surface area contributed by atoms with Gasteiger partial charge in [-0.15, -0.1) is 0 Å². The lowest BCUT2D eigenvalue weighted by Gasteiger charge is -2.15. The molecule has 0 unspecified atom stereocenters. The third kappa shape index (κ3) is 4.38. The Hall–Kier alpha value is -1.71. The molecule has 0 aliphatic carbocycles. The van der Waals surface area contributed by atoms with E-state index in [1.807, 2.05) is 6.92 Å². The average molecular weight is 324 g/mol. The minimum absolute atomic E-state index is 0.245. The van der Waals surface area contributed by atoms with Crippen LogP contribution in [0.5, 0.6) is 5.75 Å². The maximum atomic E-state index is 12.1. The number of carbonyl (C=O) groups is 1. The Morgan fingerprint density at radius 3 is 2.62 bits per heavy atom. The molecule has 1 atom stereocenters. The van der Waals surface area contributed by atoms with E-state index in [-0.39, 0.29) is 5.91 Å². The molecule has 0 aliphatic heterocycles. The van der Waals surface area contributed by atoms with Crippen LogP contribution in [0.3, 0.4) is 0 Å². The molecule has 0 bridgehead atoms. The first-order valence-corrected chi connectivity index (χ1v) is 7.20. The van der Waals surface area contributed by atoms with Crippen LogP contribution in [0, 0.1) is 6.92 Å². The number of anilines is 1. The van der Waals surface area contributed by atoms with E-state index in [0.717, 1.165) is 5.56 Å². The van der Waals surface area contributed by atoms with Crippen molar-refractivity contribution in [3.8, 4) is 5.75 Å². The summed E-state index contributed by atoms with van der Waals surface area (Å²) in [5.41, 5.74) is 1.53. The molecule has 1 amide bonds. The van der Waals surface area contributed by atoms with Gasteiger partial charge in [-0.1, -0.05) is 29.3 Å². The molecular weight excluding hydrogens is 309 g/mol. The summed E-state index contributed by atoms with van der Waals surface area (Å²) < 4.78 is 5.61. The van der Waals surface area contributed by atoms with Crippen LogP contribution in [0.15, 0.2) is 42.5 Å². The van der Waals surface area contributed by atoms with Crippen LogP contribution >= 0.6 is 23.2 Å². The third-order valence-electron chi connectivity index (χ3n) is 2.90. The van der Waals surface area contributed by atoms with Crippen molar-refractivity contribution >= 4 is 34.8 Å². The van der Waals surface area contributed by atoms with E-state index in [0.29, 0.717) is 21.5 Å². The summed E-state index contributed by atoms with van der Waals surface area (Å²) in [5.74, 6) is 0.357. The van der Waals surface area contributed by atoms with Crippen molar-refractivity contribution in [1.82, 2.24) is 0 Å². The highest BCUT2D eigenvalue weighted by Gasteiger charge is 2.15. The second-order valence-electron chi connectivity index (χ2n) is 4.67. The summed E-state index contributed by atoms with van der Waals surface area (Å²) in [4.78, 5) is 12.1. The highest BCUT2D eigenvalue weighted by molar-refractivity contribution is 6.31. The summed E-state index contributed by atoms with van der Waals surface area (Å²) in [6.45, 7) is 3.57. The van der Waals surface area contributed by atoms with E-state index in [2.05, 4.69) is 5.32 Å². The number of nitrogens with one attached hydrogen (secondary N) is 1. The van der Waals surface area contributed by atoms with Gasteiger partial charge in [0.25, 0.3) is 5.91 Å². The minimum atomic E-state index is -0.635. The Balaban J connectivity index is 2.00. The van der Waals surface area contributed by atoms with Gasteiger partial charge in [0.05, 0.1) is 0 Å². The fraction of sp³-hybridized carbons (Fsp3) is 0.188. The second-order valence-corrected chi connectivity index (χ2v) is 5.51. The number of rotatable bonds is 4. The lowest BCUT2D eigenvalue weighted by atomic mass is 10.2. The van der Waals surface area contributed by atoms with Crippen LogP contribution in [-0.4, -0.2) is 12.0 Å². The molecule has 0 spiro atoms. The van der Waals surface area contributed by atoms with E-state index >= 15 is 0 Å². The van der Waals surface area contributed by atoms with Gasteiger partial charge in [0, 0.05) is 15.7 Å². The molecule has 0 saturated carbocycles. The molecule has 0 fully saturated rings. The molecule has 21 heavy (non-hydrogen) atoms. The number of carbonyl (C=O) groups excluding carboxylic acids is 1. The van der Waals surface area contributed by atoms with E-state index < -0.39 is 6.10 Å². The predicted octanol–water partition coefficient (Wildman–Crippen LogP) is 4.71.